The average molecular weight is 301 g/mol. The Hall–Kier alpha value is -1.71. The van der Waals surface area contributed by atoms with Crippen LogP contribution in [0.15, 0.2) is 23.2 Å². The molecule has 1 aliphatic carbocycles. The van der Waals surface area contributed by atoms with Gasteiger partial charge in [-0.1, -0.05) is 32.6 Å². The smallest absolute Gasteiger partial charge is 0.121 e. The molecular formula is C18H25N2O2-. The molecule has 0 saturated heterocycles. The minimum absolute atomic E-state index is 0.0587. The lowest BCUT2D eigenvalue weighted by Crippen LogP contribution is -2.40. The van der Waals surface area contributed by atoms with Crippen molar-refractivity contribution in [2.45, 2.75) is 51.5 Å². The molecule has 0 bridgehead atoms. The largest absolute Gasteiger partial charge is 0.860 e. The Balaban J connectivity index is 1.47. The molecule has 0 spiro atoms. The number of ether oxygens (including phenoxy) is 1. The molecule has 1 aromatic carbocycles. The van der Waals surface area contributed by atoms with Crippen LogP contribution in [-0.2, 0) is 0 Å². The van der Waals surface area contributed by atoms with Crippen LogP contribution in [0, 0.1) is 11.8 Å². The molecule has 4 nitrogen and oxygen atoms in total. The third-order valence-corrected chi connectivity index (χ3v) is 4.91. The molecule has 4 heteroatoms. The first-order chi connectivity index (χ1) is 10.7. The Morgan fingerprint density at radius 2 is 2.05 bits per heavy atom. The van der Waals surface area contributed by atoms with Gasteiger partial charge in [0.1, 0.15) is 5.75 Å². The Labute approximate surface area is 132 Å². The topological polar surface area (TPSA) is 56.7 Å². The van der Waals surface area contributed by atoms with Crippen molar-refractivity contribution in [1.29, 1.82) is 0 Å². The molecule has 0 amide bonds. The Kier molecular flexibility index (Phi) is 4.55. The van der Waals surface area contributed by atoms with Crippen LogP contribution in [0.1, 0.15) is 45.4 Å². The molecule has 2 aliphatic rings. The van der Waals surface area contributed by atoms with Gasteiger partial charge in [0.15, 0.2) is 0 Å². The predicted molar refractivity (Wildman–Crippen MR) is 87.9 cm³/mol. The zero-order valence-electron chi connectivity index (χ0n) is 13.5. The molecule has 22 heavy (non-hydrogen) atoms. The molecule has 1 heterocycles. The van der Waals surface area contributed by atoms with Gasteiger partial charge in [-0.15, -0.1) is 0 Å². The van der Waals surface area contributed by atoms with Crippen LogP contribution < -0.4 is 15.2 Å². The first-order valence-corrected chi connectivity index (χ1v) is 8.37. The van der Waals surface area contributed by atoms with E-state index in [4.69, 9.17) is 4.74 Å². The van der Waals surface area contributed by atoms with Crippen molar-refractivity contribution in [1.82, 2.24) is 0 Å². The van der Waals surface area contributed by atoms with E-state index >= 15 is 0 Å². The molecule has 1 N–H and O–H groups in total. The minimum atomic E-state index is -0.166. The van der Waals surface area contributed by atoms with E-state index in [0.717, 1.165) is 36.1 Å². The summed E-state index contributed by atoms with van der Waals surface area (Å²) in [5, 5.41) is 15.4. The normalized spacial score (nSPS) is 25.9. The average Bonchev–Trinajstić information content (AvgIpc) is 3.22. The van der Waals surface area contributed by atoms with Crippen LogP contribution in [-0.4, -0.2) is 19.0 Å². The van der Waals surface area contributed by atoms with Gasteiger partial charge in [-0.05, 0) is 42.7 Å². The highest BCUT2D eigenvalue weighted by molar-refractivity contribution is 5.90. The summed E-state index contributed by atoms with van der Waals surface area (Å²) in [6.45, 7) is 2.34. The lowest BCUT2D eigenvalue weighted by Gasteiger charge is -2.30. The van der Waals surface area contributed by atoms with E-state index in [9.17, 15) is 5.11 Å². The van der Waals surface area contributed by atoms with Gasteiger partial charge in [0.05, 0.1) is 24.5 Å². The van der Waals surface area contributed by atoms with Crippen molar-refractivity contribution in [3.05, 3.63) is 18.2 Å². The second-order valence-corrected chi connectivity index (χ2v) is 6.64. The number of methoxy groups -OCH3 is 1. The molecule has 120 valence electrons. The molecule has 3 rings (SSSR count). The SMILES string of the molecule is COc1ccc2c(c1)N=C([O-])C(CCCCC[C@@H]1CC1C)N2. The Bertz CT molecular complexity index is 556. The fourth-order valence-electron chi connectivity index (χ4n) is 3.23. The lowest BCUT2D eigenvalue weighted by molar-refractivity contribution is -0.219. The van der Waals surface area contributed by atoms with E-state index in [0.29, 0.717) is 5.69 Å². The van der Waals surface area contributed by atoms with Gasteiger partial charge in [0.25, 0.3) is 0 Å². The Morgan fingerprint density at radius 3 is 2.77 bits per heavy atom. The summed E-state index contributed by atoms with van der Waals surface area (Å²) in [6.07, 6.45) is 7.24. The summed E-state index contributed by atoms with van der Waals surface area (Å²) in [6, 6.07) is 5.46. The quantitative estimate of drug-likeness (QED) is 0.784. The molecule has 0 radical (unpaired) electrons. The van der Waals surface area contributed by atoms with E-state index in [1.54, 1.807) is 13.2 Å². The van der Waals surface area contributed by atoms with Gasteiger partial charge in [-0.2, -0.15) is 0 Å². The van der Waals surface area contributed by atoms with Gasteiger partial charge in [-0.25, -0.2) is 0 Å². The third-order valence-electron chi connectivity index (χ3n) is 4.91. The van der Waals surface area contributed by atoms with Crippen LogP contribution in [0.2, 0.25) is 0 Å². The first kappa shape index (κ1) is 15.2. The van der Waals surface area contributed by atoms with Crippen molar-refractivity contribution < 1.29 is 9.84 Å². The summed E-state index contributed by atoms with van der Waals surface area (Å²) < 4.78 is 5.17. The highest BCUT2D eigenvalue weighted by Gasteiger charge is 2.31. The van der Waals surface area contributed by atoms with Crippen molar-refractivity contribution in [3.8, 4) is 5.75 Å². The van der Waals surface area contributed by atoms with Crippen molar-refractivity contribution in [2.24, 2.45) is 16.8 Å². The van der Waals surface area contributed by atoms with Gasteiger partial charge < -0.3 is 15.2 Å². The zero-order valence-corrected chi connectivity index (χ0v) is 13.5. The number of fused-ring (bicyclic) bond motifs is 1. The summed E-state index contributed by atoms with van der Waals surface area (Å²) in [5.41, 5.74) is 1.61. The maximum absolute atomic E-state index is 12.1. The summed E-state index contributed by atoms with van der Waals surface area (Å²) in [7, 11) is 1.62. The van der Waals surface area contributed by atoms with E-state index in [-0.39, 0.29) is 11.9 Å². The van der Waals surface area contributed by atoms with Crippen LogP contribution in [0.5, 0.6) is 5.75 Å². The maximum Gasteiger partial charge on any atom is 0.121 e. The molecular weight excluding hydrogens is 276 g/mol. The van der Waals surface area contributed by atoms with E-state index in [1.165, 1.54) is 25.7 Å². The van der Waals surface area contributed by atoms with Crippen LogP contribution in [0.25, 0.3) is 0 Å². The molecule has 0 aromatic heterocycles. The first-order valence-electron chi connectivity index (χ1n) is 8.37. The fraction of sp³-hybridized carbons (Fsp3) is 0.611. The number of unbranched alkanes of at least 4 members (excludes halogenated alkanes) is 2. The number of aliphatic imine (C=N–C) groups is 1. The number of anilines is 1. The highest BCUT2D eigenvalue weighted by Crippen LogP contribution is 2.41. The Morgan fingerprint density at radius 1 is 1.27 bits per heavy atom. The predicted octanol–water partition coefficient (Wildman–Crippen LogP) is 3.49. The highest BCUT2D eigenvalue weighted by atomic mass is 16.5. The number of hydrogen-bond donors (Lipinski definition) is 1. The molecule has 1 aromatic rings. The van der Waals surface area contributed by atoms with Crippen LogP contribution >= 0.6 is 0 Å². The summed E-state index contributed by atoms with van der Waals surface area (Å²) in [5.74, 6) is 2.60. The van der Waals surface area contributed by atoms with Crippen molar-refractivity contribution >= 4 is 17.3 Å². The number of nitrogens with one attached hydrogen (secondary N) is 1. The number of hydrogen-bond acceptors (Lipinski definition) is 4. The number of benzene rings is 1. The zero-order chi connectivity index (χ0) is 15.5. The van der Waals surface area contributed by atoms with E-state index in [2.05, 4.69) is 17.2 Å². The lowest BCUT2D eigenvalue weighted by atomic mass is 10.0. The molecule has 1 saturated carbocycles. The second-order valence-electron chi connectivity index (χ2n) is 6.64. The second kappa shape index (κ2) is 6.59. The molecule has 2 unspecified atom stereocenters. The standard InChI is InChI=1S/C18H26N2O2/c1-12-10-13(12)6-4-3-5-7-16-18(21)20-17-11-14(22-2)8-9-15(17)19-16/h8-9,11-13,16,19H,3-7,10H2,1-2H3,(H,20,21)/p-1/t12?,13-,16?/m1/s1. The third kappa shape index (κ3) is 3.54. The van der Waals surface area contributed by atoms with E-state index in [1.807, 2.05) is 12.1 Å². The number of nitrogens with zero attached hydrogens (tertiary/aromatic N) is 1. The van der Waals surface area contributed by atoms with Crippen LogP contribution in [0.4, 0.5) is 11.4 Å². The number of rotatable bonds is 7. The van der Waals surface area contributed by atoms with Gasteiger partial charge in [0.2, 0.25) is 0 Å². The maximum atomic E-state index is 12.1. The van der Waals surface area contributed by atoms with Gasteiger partial charge in [-0.3, -0.25) is 4.99 Å². The molecule has 1 aliphatic heterocycles. The monoisotopic (exact) mass is 301 g/mol. The minimum Gasteiger partial charge on any atom is -0.860 e. The molecule has 3 atom stereocenters. The fourth-order valence-corrected chi connectivity index (χ4v) is 3.23. The van der Waals surface area contributed by atoms with Gasteiger partial charge >= 0.3 is 0 Å². The summed E-state index contributed by atoms with van der Waals surface area (Å²) >= 11 is 0. The van der Waals surface area contributed by atoms with Crippen LogP contribution in [0.3, 0.4) is 0 Å². The van der Waals surface area contributed by atoms with Crippen molar-refractivity contribution in [2.75, 3.05) is 12.4 Å². The van der Waals surface area contributed by atoms with Gasteiger partial charge in [0, 0.05) is 6.07 Å². The molecule has 1 fully saturated rings. The summed E-state index contributed by atoms with van der Waals surface area (Å²) in [4.78, 5) is 4.20. The van der Waals surface area contributed by atoms with Crippen molar-refractivity contribution in [3.63, 3.8) is 0 Å². The van der Waals surface area contributed by atoms with E-state index < -0.39 is 0 Å².